The fourth-order valence-electron chi connectivity index (χ4n) is 3.37. The predicted molar refractivity (Wildman–Crippen MR) is 91.5 cm³/mol. The average molecular weight is 342 g/mol. The van der Waals surface area contributed by atoms with Crippen molar-refractivity contribution in [2.24, 2.45) is 0 Å². The number of carbonyl (C=O) groups is 1. The minimum Gasteiger partial charge on any atom is -0.379 e. The monoisotopic (exact) mass is 342 g/mol. The summed E-state index contributed by atoms with van der Waals surface area (Å²) in [5, 5.41) is 3.48. The highest BCUT2D eigenvalue weighted by atomic mass is 16.5. The van der Waals surface area contributed by atoms with E-state index in [9.17, 15) is 4.79 Å². The van der Waals surface area contributed by atoms with Crippen molar-refractivity contribution in [2.45, 2.75) is 32.2 Å². The number of hydrogen-bond acceptors (Lipinski definition) is 6. The number of imidazole rings is 1. The summed E-state index contributed by atoms with van der Waals surface area (Å²) in [5.74, 6) is 1.22. The van der Waals surface area contributed by atoms with Crippen LogP contribution in [0.15, 0.2) is 12.5 Å². The van der Waals surface area contributed by atoms with Gasteiger partial charge in [-0.3, -0.25) is 4.79 Å². The Bertz CT molecular complexity index is 768. The lowest BCUT2D eigenvalue weighted by Gasteiger charge is -2.19. The van der Waals surface area contributed by atoms with E-state index in [0.29, 0.717) is 31.6 Å². The molecule has 132 valence electrons. The van der Waals surface area contributed by atoms with Gasteiger partial charge in [0, 0.05) is 43.6 Å². The van der Waals surface area contributed by atoms with E-state index in [0.717, 1.165) is 48.6 Å². The Labute approximate surface area is 146 Å². The van der Waals surface area contributed by atoms with Crippen LogP contribution in [0.4, 0.5) is 5.82 Å². The Morgan fingerprint density at radius 2 is 2.20 bits per heavy atom. The number of aryl methyl sites for hydroxylation is 1. The predicted octanol–water partition coefficient (Wildman–Crippen LogP) is 0.950. The van der Waals surface area contributed by atoms with Crippen LogP contribution in [-0.4, -0.2) is 63.1 Å². The smallest absolute Gasteiger partial charge is 0.289 e. The third kappa shape index (κ3) is 3.34. The summed E-state index contributed by atoms with van der Waals surface area (Å²) in [6.07, 6.45) is 5.72. The molecule has 1 saturated heterocycles. The van der Waals surface area contributed by atoms with Crippen LogP contribution in [0.5, 0.6) is 0 Å². The quantitative estimate of drug-likeness (QED) is 0.862. The van der Waals surface area contributed by atoms with Crippen molar-refractivity contribution in [3.05, 3.63) is 35.3 Å². The molecule has 2 aromatic heterocycles. The molecular weight excluding hydrogens is 320 g/mol. The Kier molecular flexibility index (Phi) is 4.35. The summed E-state index contributed by atoms with van der Waals surface area (Å²) >= 11 is 0. The minimum absolute atomic E-state index is 0.0624. The molecule has 1 unspecified atom stereocenters. The molecule has 0 aromatic carbocycles. The van der Waals surface area contributed by atoms with Crippen molar-refractivity contribution in [1.29, 1.82) is 0 Å². The molecule has 1 atom stereocenters. The minimum atomic E-state index is -0.0624. The molecule has 1 amide bonds. The van der Waals surface area contributed by atoms with Gasteiger partial charge in [0.05, 0.1) is 18.3 Å². The third-order valence-corrected chi connectivity index (χ3v) is 4.75. The van der Waals surface area contributed by atoms with Gasteiger partial charge in [-0.2, -0.15) is 0 Å². The standard InChI is InChI=1S/C17H22N6O2/c1-11-8-18-16(21-11)17(24)23-5-2-13-14(3-6-23)19-10-20-15(13)22-12-4-7-25-9-12/h8,10,12H,2-7,9H2,1H3,(H,18,21)(H,19,20,22). The summed E-state index contributed by atoms with van der Waals surface area (Å²) < 4.78 is 5.43. The summed E-state index contributed by atoms with van der Waals surface area (Å²) in [4.78, 5) is 30.5. The first-order chi connectivity index (χ1) is 12.2. The molecular formula is C17H22N6O2. The van der Waals surface area contributed by atoms with Gasteiger partial charge in [0.25, 0.3) is 5.91 Å². The average Bonchev–Trinajstić information content (AvgIpc) is 3.22. The number of carbonyl (C=O) groups excluding carboxylic acids is 1. The first-order valence-electron chi connectivity index (χ1n) is 8.68. The Balaban J connectivity index is 1.50. The fraction of sp³-hybridized carbons (Fsp3) is 0.529. The van der Waals surface area contributed by atoms with Crippen molar-refractivity contribution in [2.75, 3.05) is 31.6 Å². The lowest BCUT2D eigenvalue weighted by Crippen LogP contribution is -2.34. The van der Waals surface area contributed by atoms with Crippen LogP contribution >= 0.6 is 0 Å². The largest absolute Gasteiger partial charge is 0.379 e. The topological polar surface area (TPSA) is 96.0 Å². The molecule has 0 radical (unpaired) electrons. The number of ether oxygens (including phenoxy) is 1. The summed E-state index contributed by atoms with van der Waals surface area (Å²) in [5.41, 5.74) is 3.01. The molecule has 2 aliphatic rings. The molecule has 4 heterocycles. The van der Waals surface area contributed by atoms with Gasteiger partial charge in [-0.25, -0.2) is 15.0 Å². The van der Waals surface area contributed by atoms with Crippen molar-refractivity contribution < 1.29 is 9.53 Å². The van der Waals surface area contributed by atoms with Gasteiger partial charge in [-0.15, -0.1) is 0 Å². The number of nitrogens with one attached hydrogen (secondary N) is 2. The molecule has 0 spiro atoms. The van der Waals surface area contributed by atoms with Gasteiger partial charge in [0.2, 0.25) is 0 Å². The van der Waals surface area contributed by atoms with Crippen molar-refractivity contribution in [1.82, 2.24) is 24.8 Å². The molecule has 8 nitrogen and oxygen atoms in total. The van der Waals surface area contributed by atoms with Gasteiger partial charge in [0.1, 0.15) is 12.1 Å². The van der Waals surface area contributed by atoms with Gasteiger partial charge < -0.3 is 19.9 Å². The number of hydrogen-bond donors (Lipinski definition) is 2. The van der Waals surface area contributed by atoms with E-state index < -0.39 is 0 Å². The van der Waals surface area contributed by atoms with Crippen molar-refractivity contribution >= 4 is 11.7 Å². The molecule has 0 bridgehead atoms. The van der Waals surface area contributed by atoms with E-state index in [1.165, 1.54) is 0 Å². The summed E-state index contributed by atoms with van der Waals surface area (Å²) in [7, 11) is 0. The van der Waals surface area contributed by atoms with Crippen LogP contribution in [0.25, 0.3) is 0 Å². The molecule has 25 heavy (non-hydrogen) atoms. The van der Waals surface area contributed by atoms with Crippen LogP contribution in [0, 0.1) is 6.92 Å². The van der Waals surface area contributed by atoms with E-state index in [1.54, 1.807) is 12.5 Å². The third-order valence-electron chi connectivity index (χ3n) is 4.75. The highest BCUT2D eigenvalue weighted by Crippen LogP contribution is 2.23. The second kappa shape index (κ2) is 6.79. The van der Waals surface area contributed by atoms with Gasteiger partial charge in [-0.1, -0.05) is 0 Å². The second-order valence-corrected chi connectivity index (χ2v) is 6.56. The van der Waals surface area contributed by atoms with E-state index in [2.05, 4.69) is 25.3 Å². The number of rotatable bonds is 3. The van der Waals surface area contributed by atoms with Crippen LogP contribution in [0.2, 0.25) is 0 Å². The first-order valence-corrected chi connectivity index (χ1v) is 8.68. The SMILES string of the molecule is Cc1cnc(C(=O)N2CCc3ncnc(NC4CCOC4)c3CC2)[nH]1. The lowest BCUT2D eigenvalue weighted by atomic mass is 10.1. The number of H-pyrrole nitrogens is 1. The highest BCUT2D eigenvalue weighted by molar-refractivity contribution is 5.90. The number of fused-ring (bicyclic) bond motifs is 1. The van der Waals surface area contributed by atoms with E-state index in [-0.39, 0.29) is 5.91 Å². The maximum absolute atomic E-state index is 12.6. The molecule has 2 aromatic rings. The van der Waals surface area contributed by atoms with Crippen LogP contribution in [0.1, 0.15) is 34.0 Å². The summed E-state index contributed by atoms with van der Waals surface area (Å²) in [6.45, 7) is 4.66. The van der Waals surface area contributed by atoms with Gasteiger partial charge in [0.15, 0.2) is 5.82 Å². The van der Waals surface area contributed by atoms with Crippen LogP contribution in [-0.2, 0) is 17.6 Å². The molecule has 0 saturated carbocycles. The maximum atomic E-state index is 12.6. The maximum Gasteiger partial charge on any atom is 0.289 e. The lowest BCUT2D eigenvalue weighted by molar-refractivity contribution is 0.0751. The normalized spacial score (nSPS) is 20.2. The zero-order valence-electron chi connectivity index (χ0n) is 14.3. The molecule has 4 rings (SSSR count). The number of nitrogens with zero attached hydrogens (tertiary/aromatic N) is 4. The van der Waals surface area contributed by atoms with Gasteiger partial charge >= 0.3 is 0 Å². The molecule has 1 fully saturated rings. The van der Waals surface area contributed by atoms with E-state index >= 15 is 0 Å². The molecule has 2 aliphatic heterocycles. The van der Waals surface area contributed by atoms with Crippen molar-refractivity contribution in [3.63, 3.8) is 0 Å². The van der Waals surface area contributed by atoms with E-state index in [1.807, 2.05) is 11.8 Å². The Hall–Kier alpha value is -2.48. The van der Waals surface area contributed by atoms with Crippen LogP contribution in [0.3, 0.4) is 0 Å². The van der Waals surface area contributed by atoms with Gasteiger partial charge in [-0.05, 0) is 19.8 Å². The fourth-order valence-corrected chi connectivity index (χ4v) is 3.37. The Morgan fingerprint density at radius 1 is 1.32 bits per heavy atom. The number of anilines is 1. The molecule has 2 N–H and O–H groups in total. The molecule has 0 aliphatic carbocycles. The molecule has 8 heteroatoms. The number of aromatic amines is 1. The van der Waals surface area contributed by atoms with Crippen LogP contribution < -0.4 is 5.32 Å². The summed E-state index contributed by atoms with van der Waals surface area (Å²) in [6, 6.07) is 0.297. The Morgan fingerprint density at radius 3 is 2.96 bits per heavy atom. The zero-order valence-corrected chi connectivity index (χ0v) is 14.3. The zero-order chi connectivity index (χ0) is 17.2. The highest BCUT2D eigenvalue weighted by Gasteiger charge is 2.25. The number of aromatic nitrogens is 4. The number of amides is 1. The van der Waals surface area contributed by atoms with E-state index in [4.69, 9.17) is 4.74 Å². The first kappa shape index (κ1) is 16.0. The van der Waals surface area contributed by atoms with Crippen molar-refractivity contribution in [3.8, 4) is 0 Å². The second-order valence-electron chi connectivity index (χ2n) is 6.56.